The van der Waals surface area contributed by atoms with E-state index in [2.05, 4.69) is 0 Å². The Morgan fingerprint density at radius 3 is 2.39 bits per heavy atom. The van der Waals surface area contributed by atoms with Gasteiger partial charge in [-0.25, -0.2) is 4.39 Å². The summed E-state index contributed by atoms with van der Waals surface area (Å²) in [6.45, 7) is 4.54. The maximum atomic E-state index is 15.9. The number of phenolic OH excluding ortho intramolecular Hbond substituents is 1. The summed E-state index contributed by atoms with van der Waals surface area (Å²) in [5.41, 5.74) is 1.86. The van der Waals surface area contributed by atoms with Crippen molar-refractivity contribution in [2.24, 2.45) is 17.6 Å². The van der Waals surface area contributed by atoms with Crippen molar-refractivity contribution < 1.29 is 39.2 Å². The summed E-state index contributed by atoms with van der Waals surface area (Å²) in [5.74, 6) is -7.97. The number of benzene rings is 1. The highest BCUT2D eigenvalue weighted by molar-refractivity contribution is 6.24. The van der Waals surface area contributed by atoms with Crippen LogP contribution < -0.4 is 5.73 Å². The second kappa shape index (κ2) is 8.62. The topological polar surface area (TPSA) is 165 Å². The second-order valence-corrected chi connectivity index (χ2v) is 11.1. The SMILES string of the molecule is CC[C@H](C)N1Cc2c(O)c3c(c(F)c2C1)C[C@H]1C[C@H]2[C@H](N(C)C)C(O)=C(C(N)=O)C(=O)[C@@]2(O)C(O)=C1C3=O. The van der Waals surface area contributed by atoms with E-state index < -0.39 is 63.9 Å². The lowest BCUT2D eigenvalue weighted by Gasteiger charge is -2.50. The number of Topliss-reactive ketones (excluding diaryl/α,β-unsaturated/α-hetero) is 2. The summed E-state index contributed by atoms with van der Waals surface area (Å²) in [6.07, 6.45) is 0.666. The zero-order valence-corrected chi connectivity index (χ0v) is 21.7. The predicted molar refractivity (Wildman–Crippen MR) is 133 cm³/mol. The Labute approximate surface area is 218 Å². The number of aromatic hydroxyl groups is 1. The van der Waals surface area contributed by atoms with Gasteiger partial charge in [0.1, 0.15) is 28.7 Å². The highest BCUT2D eigenvalue weighted by Gasteiger charge is 2.63. The van der Waals surface area contributed by atoms with Gasteiger partial charge in [-0.3, -0.25) is 24.2 Å². The van der Waals surface area contributed by atoms with Crippen molar-refractivity contribution in [1.29, 1.82) is 0 Å². The minimum absolute atomic E-state index is 0.0327. The second-order valence-electron chi connectivity index (χ2n) is 11.1. The molecule has 10 nitrogen and oxygen atoms in total. The number of likely N-dealkylation sites (N-methyl/N-ethyl adjacent to an activating group) is 1. The average Bonchev–Trinajstić information content (AvgIpc) is 3.30. The van der Waals surface area contributed by atoms with E-state index in [1.54, 1.807) is 14.1 Å². The van der Waals surface area contributed by atoms with Crippen LogP contribution in [0.3, 0.4) is 0 Å². The molecule has 0 spiro atoms. The number of fused-ring (bicyclic) bond motifs is 4. The lowest BCUT2D eigenvalue weighted by atomic mass is 9.58. The Bertz CT molecular complexity index is 1370. The number of nitrogens with zero attached hydrogens (tertiary/aromatic N) is 2. The number of carbonyl (C=O) groups excluding carboxylic acids is 3. The van der Waals surface area contributed by atoms with Gasteiger partial charge in [-0.2, -0.15) is 0 Å². The molecule has 1 heterocycles. The minimum Gasteiger partial charge on any atom is -0.510 e. The van der Waals surface area contributed by atoms with Crippen LogP contribution in [0.5, 0.6) is 5.75 Å². The van der Waals surface area contributed by atoms with Crippen molar-refractivity contribution in [3.63, 3.8) is 0 Å². The highest BCUT2D eigenvalue weighted by atomic mass is 19.1. The number of primary amides is 1. The molecule has 6 N–H and O–H groups in total. The smallest absolute Gasteiger partial charge is 0.255 e. The molecule has 1 amide bonds. The van der Waals surface area contributed by atoms with Crippen LogP contribution in [0.2, 0.25) is 0 Å². The van der Waals surface area contributed by atoms with E-state index in [1.165, 1.54) is 4.90 Å². The Morgan fingerprint density at radius 1 is 1.18 bits per heavy atom. The fourth-order valence-electron chi connectivity index (χ4n) is 6.81. The normalized spacial score (nSPS) is 29.8. The largest absolute Gasteiger partial charge is 0.510 e. The van der Waals surface area contributed by atoms with Crippen LogP contribution in [0, 0.1) is 17.7 Å². The third kappa shape index (κ3) is 3.25. The Balaban J connectivity index is 1.68. The molecule has 11 heteroatoms. The number of hydrogen-bond acceptors (Lipinski definition) is 9. The summed E-state index contributed by atoms with van der Waals surface area (Å²) in [6, 6.07) is -0.975. The van der Waals surface area contributed by atoms with E-state index in [0.29, 0.717) is 11.1 Å². The number of phenols is 1. The molecule has 1 aliphatic heterocycles. The predicted octanol–water partition coefficient (Wildman–Crippen LogP) is 1.37. The van der Waals surface area contributed by atoms with Gasteiger partial charge in [0, 0.05) is 47.3 Å². The molecule has 204 valence electrons. The molecule has 1 aromatic rings. The number of aliphatic hydroxyl groups excluding tert-OH is 2. The van der Waals surface area contributed by atoms with Crippen LogP contribution in [-0.2, 0) is 29.1 Å². The van der Waals surface area contributed by atoms with Crippen LogP contribution in [0.4, 0.5) is 4.39 Å². The molecule has 5 rings (SSSR count). The molecule has 38 heavy (non-hydrogen) atoms. The molecular formula is C27H32FN3O7. The molecule has 5 atom stereocenters. The number of allylic oxidation sites excluding steroid dienone is 1. The Hall–Kier alpha value is -3.28. The van der Waals surface area contributed by atoms with E-state index in [4.69, 9.17) is 5.73 Å². The molecule has 0 saturated heterocycles. The van der Waals surface area contributed by atoms with E-state index in [9.17, 15) is 34.8 Å². The van der Waals surface area contributed by atoms with E-state index in [1.807, 2.05) is 18.7 Å². The summed E-state index contributed by atoms with van der Waals surface area (Å²) >= 11 is 0. The first kappa shape index (κ1) is 26.3. The molecule has 3 aliphatic carbocycles. The van der Waals surface area contributed by atoms with E-state index in [-0.39, 0.29) is 54.4 Å². The van der Waals surface area contributed by atoms with Crippen LogP contribution in [0.25, 0.3) is 0 Å². The molecular weight excluding hydrogens is 497 g/mol. The van der Waals surface area contributed by atoms with Gasteiger partial charge in [0.05, 0.1) is 11.6 Å². The van der Waals surface area contributed by atoms with Crippen LogP contribution in [-0.4, -0.2) is 79.5 Å². The number of rotatable bonds is 4. The molecule has 0 aromatic heterocycles. The van der Waals surface area contributed by atoms with E-state index >= 15 is 4.39 Å². The molecule has 0 bridgehead atoms. The van der Waals surface area contributed by atoms with Gasteiger partial charge in [0.25, 0.3) is 5.91 Å². The third-order valence-corrected chi connectivity index (χ3v) is 8.97. The first-order chi connectivity index (χ1) is 17.8. The highest BCUT2D eigenvalue weighted by Crippen LogP contribution is 2.53. The fraction of sp³-hybridized carbons (Fsp3) is 0.519. The zero-order valence-electron chi connectivity index (χ0n) is 21.7. The van der Waals surface area contributed by atoms with Crippen molar-refractivity contribution in [1.82, 2.24) is 9.80 Å². The average molecular weight is 530 g/mol. The van der Waals surface area contributed by atoms with Crippen LogP contribution >= 0.6 is 0 Å². The number of halogens is 1. The minimum atomic E-state index is -2.72. The lowest BCUT2D eigenvalue weighted by molar-refractivity contribution is -0.148. The molecule has 4 aliphatic rings. The van der Waals surface area contributed by atoms with Gasteiger partial charge >= 0.3 is 0 Å². The number of hydrogen-bond donors (Lipinski definition) is 5. The molecule has 0 unspecified atom stereocenters. The third-order valence-electron chi connectivity index (χ3n) is 8.97. The summed E-state index contributed by atoms with van der Waals surface area (Å²) in [7, 11) is 3.11. The Morgan fingerprint density at radius 2 is 1.82 bits per heavy atom. The van der Waals surface area contributed by atoms with Gasteiger partial charge in [0.15, 0.2) is 11.4 Å². The van der Waals surface area contributed by atoms with Crippen molar-refractivity contribution in [3.8, 4) is 5.75 Å². The maximum absolute atomic E-state index is 15.9. The van der Waals surface area contributed by atoms with Crippen molar-refractivity contribution in [2.45, 2.75) is 63.9 Å². The van der Waals surface area contributed by atoms with Gasteiger partial charge in [-0.05, 0) is 46.2 Å². The summed E-state index contributed by atoms with van der Waals surface area (Å²) in [5, 5.41) is 45.0. The Kier molecular flexibility index (Phi) is 5.97. The summed E-state index contributed by atoms with van der Waals surface area (Å²) in [4.78, 5) is 42.7. The van der Waals surface area contributed by atoms with Crippen molar-refractivity contribution in [3.05, 3.63) is 50.7 Å². The molecule has 1 aromatic carbocycles. The first-order valence-corrected chi connectivity index (χ1v) is 12.7. The van der Waals surface area contributed by atoms with Crippen LogP contribution in [0.1, 0.15) is 53.7 Å². The fourth-order valence-corrected chi connectivity index (χ4v) is 6.81. The first-order valence-electron chi connectivity index (χ1n) is 12.7. The van der Waals surface area contributed by atoms with Gasteiger partial charge < -0.3 is 26.2 Å². The maximum Gasteiger partial charge on any atom is 0.255 e. The lowest BCUT2D eigenvalue weighted by Crippen LogP contribution is -2.63. The number of ketones is 2. The molecule has 0 fully saturated rings. The van der Waals surface area contributed by atoms with Gasteiger partial charge in [0.2, 0.25) is 5.78 Å². The van der Waals surface area contributed by atoms with Crippen molar-refractivity contribution in [2.75, 3.05) is 14.1 Å². The number of nitrogens with two attached hydrogens (primary N) is 1. The quantitative estimate of drug-likeness (QED) is 0.362. The van der Waals surface area contributed by atoms with Crippen LogP contribution in [0.15, 0.2) is 22.7 Å². The van der Waals surface area contributed by atoms with Gasteiger partial charge in [-0.15, -0.1) is 0 Å². The zero-order chi connectivity index (χ0) is 28.0. The molecule has 0 radical (unpaired) electrons. The number of carbonyl (C=O) groups is 3. The summed E-state index contributed by atoms with van der Waals surface area (Å²) < 4.78 is 15.9. The monoisotopic (exact) mass is 529 g/mol. The standard InChI is InChI=1S/C27H32FN3O7/c1-5-10(2)31-8-13-14(9-31)21(32)17-12(19(13)28)6-11-7-15-20(30(3)4)23(34)18(26(29)37)25(36)27(15,38)24(35)16(11)22(17)33/h10-11,15,20,32,34-35,38H,5-9H2,1-4H3,(H2,29,37)/t10-,11-,15-,20-,27-/m0/s1. The van der Waals surface area contributed by atoms with Gasteiger partial charge in [-0.1, -0.05) is 6.92 Å². The number of amides is 1. The number of aliphatic hydroxyl groups is 3. The van der Waals surface area contributed by atoms with E-state index in [0.717, 1.165) is 6.42 Å². The van der Waals surface area contributed by atoms with Crippen molar-refractivity contribution >= 4 is 17.5 Å². The molecule has 0 saturated carbocycles.